The van der Waals surface area contributed by atoms with Crippen LogP contribution >= 0.6 is 0 Å². The average Bonchev–Trinajstić information content (AvgIpc) is 2.28. The van der Waals surface area contributed by atoms with Crippen LogP contribution in [0.25, 0.3) is 0 Å². The van der Waals surface area contributed by atoms with Crippen LogP contribution < -0.4 is 5.73 Å². The molecule has 15 heavy (non-hydrogen) atoms. The number of hydrogen-bond donors (Lipinski definition) is 1. The molecule has 82 valence electrons. The van der Waals surface area contributed by atoms with Gasteiger partial charge in [-0.25, -0.2) is 0 Å². The molecule has 2 N–H and O–H groups in total. The molecule has 1 saturated carbocycles. The van der Waals surface area contributed by atoms with Gasteiger partial charge in [0.2, 0.25) is 0 Å². The highest BCUT2D eigenvalue weighted by molar-refractivity contribution is 5.26. The molecule has 1 nitrogen and oxygen atoms in total. The first-order chi connectivity index (χ1) is 7.29. The van der Waals surface area contributed by atoms with Crippen LogP contribution in [-0.2, 0) is 0 Å². The second kappa shape index (κ2) is 4.36. The highest BCUT2D eigenvalue weighted by Gasteiger charge is 2.46. The van der Waals surface area contributed by atoms with E-state index in [1.54, 1.807) is 0 Å². The van der Waals surface area contributed by atoms with Gasteiger partial charge in [0.15, 0.2) is 0 Å². The summed E-state index contributed by atoms with van der Waals surface area (Å²) in [6, 6.07) is 11.3. The van der Waals surface area contributed by atoms with Gasteiger partial charge in [-0.3, -0.25) is 0 Å². The summed E-state index contributed by atoms with van der Waals surface area (Å²) < 4.78 is 0. The van der Waals surface area contributed by atoms with Crippen LogP contribution in [0.5, 0.6) is 0 Å². The molecule has 0 saturated heterocycles. The van der Waals surface area contributed by atoms with Gasteiger partial charge in [-0.1, -0.05) is 57.0 Å². The Bertz CT molecular complexity index is 294. The largest absolute Gasteiger partial charge is 0.327 e. The smallest absolute Gasteiger partial charge is 0.0107 e. The molecule has 1 fully saturated rings. The summed E-state index contributed by atoms with van der Waals surface area (Å²) >= 11 is 0. The zero-order valence-corrected chi connectivity index (χ0v) is 9.69. The highest BCUT2D eigenvalue weighted by Crippen LogP contribution is 2.49. The van der Waals surface area contributed by atoms with E-state index in [-0.39, 0.29) is 0 Å². The molecule has 1 aliphatic carbocycles. The molecule has 2 atom stereocenters. The molecule has 0 spiro atoms. The van der Waals surface area contributed by atoms with Crippen LogP contribution in [0.15, 0.2) is 30.3 Å². The van der Waals surface area contributed by atoms with Gasteiger partial charge in [0.1, 0.15) is 0 Å². The molecule has 1 aromatic rings. The lowest BCUT2D eigenvalue weighted by Gasteiger charge is -2.50. The standard InChI is InChI=1S/C14H21N/c1-3-11-13(12(4-2)14(11)15)10-8-6-5-7-9-10/h5-9,11-14H,3-4,15H2,1-2H3. The van der Waals surface area contributed by atoms with Gasteiger partial charge in [-0.05, 0) is 23.3 Å². The Morgan fingerprint density at radius 3 is 2.00 bits per heavy atom. The van der Waals surface area contributed by atoms with Crippen LogP contribution in [0.3, 0.4) is 0 Å². The van der Waals surface area contributed by atoms with Crippen molar-refractivity contribution in [1.82, 2.24) is 0 Å². The van der Waals surface area contributed by atoms with E-state index in [0.29, 0.717) is 23.8 Å². The Hall–Kier alpha value is -0.820. The van der Waals surface area contributed by atoms with Crippen LogP contribution in [0.4, 0.5) is 0 Å². The number of nitrogens with two attached hydrogens (primary N) is 1. The lowest BCUT2D eigenvalue weighted by atomic mass is 9.57. The molecule has 2 unspecified atom stereocenters. The lowest BCUT2D eigenvalue weighted by molar-refractivity contribution is 0.0906. The monoisotopic (exact) mass is 203 g/mol. The molecule has 0 aliphatic heterocycles. The number of benzene rings is 1. The fourth-order valence-electron chi connectivity index (χ4n) is 3.19. The van der Waals surface area contributed by atoms with E-state index in [1.165, 1.54) is 18.4 Å². The average molecular weight is 203 g/mol. The Morgan fingerprint density at radius 2 is 1.53 bits per heavy atom. The van der Waals surface area contributed by atoms with Crippen LogP contribution in [0.1, 0.15) is 38.2 Å². The lowest BCUT2D eigenvalue weighted by Crippen LogP contribution is -2.54. The van der Waals surface area contributed by atoms with Gasteiger partial charge in [0, 0.05) is 6.04 Å². The maximum absolute atomic E-state index is 6.22. The molecule has 1 aromatic carbocycles. The normalized spacial score (nSPS) is 34.9. The van der Waals surface area contributed by atoms with E-state index in [0.717, 1.165) is 0 Å². The Balaban J connectivity index is 2.20. The van der Waals surface area contributed by atoms with Crippen molar-refractivity contribution in [3.8, 4) is 0 Å². The summed E-state index contributed by atoms with van der Waals surface area (Å²) in [4.78, 5) is 0. The van der Waals surface area contributed by atoms with Crippen LogP contribution in [0.2, 0.25) is 0 Å². The first kappa shape index (κ1) is 10.7. The van der Waals surface area contributed by atoms with E-state index < -0.39 is 0 Å². The van der Waals surface area contributed by atoms with Gasteiger partial charge in [-0.2, -0.15) is 0 Å². The third kappa shape index (κ3) is 1.69. The molecule has 0 amide bonds. The summed E-state index contributed by atoms with van der Waals surface area (Å²) in [6.45, 7) is 4.51. The summed E-state index contributed by atoms with van der Waals surface area (Å²) in [5.41, 5.74) is 7.70. The van der Waals surface area contributed by atoms with Crippen molar-refractivity contribution in [2.75, 3.05) is 0 Å². The maximum atomic E-state index is 6.22. The summed E-state index contributed by atoms with van der Waals surface area (Å²) in [5, 5.41) is 0. The quantitative estimate of drug-likeness (QED) is 0.802. The molecule has 0 radical (unpaired) electrons. The Kier molecular flexibility index (Phi) is 3.11. The van der Waals surface area contributed by atoms with Crippen molar-refractivity contribution < 1.29 is 0 Å². The molecule has 0 aromatic heterocycles. The topological polar surface area (TPSA) is 26.0 Å². The highest BCUT2D eigenvalue weighted by atomic mass is 14.8. The second-order valence-corrected chi connectivity index (χ2v) is 4.66. The van der Waals surface area contributed by atoms with Gasteiger partial charge in [0.05, 0.1) is 0 Å². The molecule has 1 heteroatoms. The van der Waals surface area contributed by atoms with Crippen LogP contribution in [0, 0.1) is 11.8 Å². The molecular weight excluding hydrogens is 182 g/mol. The van der Waals surface area contributed by atoms with Crippen molar-refractivity contribution in [2.45, 2.75) is 38.6 Å². The summed E-state index contributed by atoms with van der Waals surface area (Å²) in [5.74, 6) is 2.09. The predicted molar refractivity (Wildman–Crippen MR) is 64.7 cm³/mol. The molecule has 2 rings (SSSR count). The Morgan fingerprint density at radius 1 is 1.00 bits per heavy atom. The number of hydrogen-bond acceptors (Lipinski definition) is 1. The van der Waals surface area contributed by atoms with Crippen molar-refractivity contribution in [3.05, 3.63) is 35.9 Å². The minimum absolute atomic E-state index is 0.421. The van der Waals surface area contributed by atoms with E-state index in [1.807, 2.05) is 0 Å². The zero-order chi connectivity index (χ0) is 10.8. The zero-order valence-electron chi connectivity index (χ0n) is 9.69. The Labute approximate surface area is 92.7 Å². The molecule has 0 heterocycles. The first-order valence-corrected chi connectivity index (χ1v) is 6.10. The van der Waals surface area contributed by atoms with E-state index in [9.17, 15) is 0 Å². The van der Waals surface area contributed by atoms with Crippen molar-refractivity contribution in [3.63, 3.8) is 0 Å². The fraction of sp³-hybridized carbons (Fsp3) is 0.571. The van der Waals surface area contributed by atoms with Crippen molar-refractivity contribution in [2.24, 2.45) is 17.6 Å². The maximum Gasteiger partial charge on any atom is 0.0107 e. The van der Waals surface area contributed by atoms with E-state index >= 15 is 0 Å². The third-order valence-electron chi connectivity index (χ3n) is 4.04. The van der Waals surface area contributed by atoms with Crippen LogP contribution in [-0.4, -0.2) is 6.04 Å². The predicted octanol–water partition coefficient (Wildman–Crippen LogP) is 3.16. The first-order valence-electron chi connectivity index (χ1n) is 6.10. The minimum atomic E-state index is 0.421. The van der Waals surface area contributed by atoms with Gasteiger partial charge in [0.25, 0.3) is 0 Å². The summed E-state index contributed by atoms with van der Waals surface area (Å²) in [6.07, 6.45) is 2.41. The van der Waals surface area contributed by atoms with E-state index in [4.69, 9.17) is 5.73 Å². The minimum Gasteiger partial charge on any atom is -0.327 e. The van der Waals surface area contributed by atoms with Gasteiger partial charge < -0.3 is 5.73 Å². The molecule has 1 aliphatic rings. The molecular formula is C14H21N. The fourth-order valence-corrected chi connectivity index (χ4v) is 3.19. The third-order valence-corrected chi connectivity index (χ3v) is 4.04. The van der Waals surface area contributed by atoms with E-state index in [2.05, 4.69) is 44.2 Å². The molecule has 0 bridgehead atoms. The second-order valence-electron chi connectivity index (χ2n) is 4.66. The SMILES string of the molecule is CCC1C(N)C(CC)C1c1ccccc1. The number of rotatable bonds is 3. The van der Waals surface area contributed by atoms with Crippen molar-refractivity contribution >= 4 is 0 Å². The van der Waals surface area contributed by atoms with Crippen molar-refractivity contribution in [1.29, 1.82) is 0 Å². The van der Waals surface area contributed by atoms with Gasteiger partial charge in [-0.15, -0.1) is 0 Å². The van der Waals surface area contributed by atoms with Gasteiger partial charge >= 0.3 is 0 Å². The summed E-state index contributed by atoms with van der Waals surface area (Å²) in [7, 11) is 0.